The van der Waals surface area contributed by atoms with Crippen LogP contribution in [0, 0.1) is 0 Å². The van der Waals surface area contributed by atoms with E-state index < -0.39 is 0 Å². The third kappa shape index (κ3) is 3.93. The first kappa shape index (κ1) is 21.4. The molecule has 2 aromatic heterocycles. The molecule has 5 rings (SSSR count). The minimum atomic E-state index is -0.243. The third-order valence-corrected chi connectivity index (χ3v) is 6.25. The van der Waals surface area contributed by atoms with E-state index >= 15 is 0 Å². The van der Waals surface area contributed by atoms with Gasteiger partial charge in [0.05, 0.1) is 40.7 Å². The summed E-state index contributed by atoms with van der Waals surface area (Å²) in [5, 5.41) is 8.86. The monoisotopic (exact) mass is 460 g/mol. The number of aromatic amines is 1. The van der Waals surface area contributed by atoms with Gasteiger partial charge in [-0.25, -0.2) is 4.98 Å². The lowest BCUT2D eigenvalue weighted by Crippen LogP contribution is -2.32. The summed E-state index contributed by atoms with van der Waals surface area (Å²) in [5.74, 6) is 0.591. The van der Waals surface area contributed by atoms with Gasteiger partial charge in [0.25, 0.3) is 5.91 Å². The van der Waals surface area contributed by atoms with E-state index in [1.165, 1.54) is 10.4 Å². The Kier molecular flexibility index (Phi) is 5.09. The van der Waals surface area contributed by atoms with Gasteiger partial charge < -0.3 is 9.88 Å². The molecule has 1 fully saturated rings. The van der Waals surface area contributed by atoms with Gasteiger partial charge >= 0.3 is 0 Å². The number of rotatable bonds is 3. The number of nitrogens with one attached hydrogen (secondary N) is 1. The highest BCUT2D eigenvalue weighted by Crippen LogP contribution is 2.36. The highest BCUT2D eigenvalue weighted by molar-refractivity contribution is 6.31. The van der Waals surface area contributed by atoms with E-state index in [1.54, 1.807) is 35.5 Å². The molecule has 0 radical (unpaired) electrons. The molecule has 0 spiro atoms. The summed E-state index contributed by atoms with van der Waals surface area (Å²) in [7, 11) is 0. The van der Waals surface area contributed by atoms with Crippen LogP contribution in [0.4, 0.5) is 0 Å². The largest absolute Gasteiger partial charge is 0.340 e. The lowest BCUT2D eigenvalue weighted by atomic mass is 9.87. The van der Waals surface area contributed by atoms with Crippen molar-refractivity contribution in [2.45, 2.75) is 38.6 Å². The normalized spacial score (nSPS) is 16.7. The number of H-pyrrole nitrogens is 1. The predicted molar refractivity (Wildman–Crippen MR) is 129 cm³/mol. The van der Waals surface area contributed by atoms with Crippen LogP contribution < -0.4 is 0 Å². The summed E-state index contributed by atoms with van der Waals surface area (Å²) in [6, 6.07) is 11.2. The number of carbonyl (C=O) groups is 1. The van der Waals surface area contributed by atoms with Gasteiger partial charge in [-0.2, -0.15) is 15.0 Å². The zero-order valence-corrected chi connectivity index (χ0v) is 19.6. The molecular formula is C25H25ClN6O. The van der Waals surface area contributed by atoms with Crippen molar-refractivity contribution in [3.8, 4) is 5.69 Å². The smallest absolute Gasteiger partial charge is 0.257 e. The van der Waals surface area contributed by atoms with E-state index in [9.17, 15) is 4.79 Å². The fourth-order valence-electron chi connectivity index (χ4n) is 4.26. The highest BCUT2D eigenvalue weighted by atomic mass is 35.5. The summed E-state index contributed by atoms with van der Waals surface area (Å²) in [5.41, 5.74) is 5.09. The first-order valence-electron chi connectivity index (χ1n) is 10.8. The van der Waals surface area contributed by atoms with Crippen LogP contribution in [-0.4, -0.2) is 42.3 Å². The van der Waals surface area contributed by atoms with Crippen LogP contribution >= 0.6 is 11.6 Å². The van der Waals surface area contributed by atoms with Crippen LogP contribution in [0.2, 0.25) is 5.02 Å². The van der Waals surface area contributed by atoms with E-state index in [2.05, 4.69) is 54.7 Å². The van der Waals surface area contributed by atoms with Crippen molar-refractivity contribution in [3.63, 3.8) is 0 Å². The lowest BCUT2D eigenvalue weighted by Gasteiger charge is -2.24. The second-order valence-electron chi connectivity index (χ2n) is 9.49. The van der Waals surface area contributed by atoms with Crippen LogP contribution in [0.1, 0.15) is 55.0 Å². The number of amides is 1. The predicted octanol–water partition coefficient (Wildman–Crippen LogP) is 5.24. The molecule has 8 heteroatoms. The molecular weight excluding hydrogens is 436 g/mol. The van der Waals surface area contributed by atoms with E-state index in [1.807, 2.05) is 6.07 Å². The molecule has 4 aromatic rings. The Hall–Kier alpha value is -3.45. The Balaban J connectivity index is 1.54. The maximum absolute atomic E-state index is 13.8. The number of halogens is 1. The SMILES string of the molecule is C=C1C[C@@H](c2nc3ccc(C(C)(C)C)cc3[nH]2)N(C(=O)c2cc(Cl)ccc2-n2nccn2)C1. The number of hydrogen-bond donors (Lipinski definition) is 1. The first-order chi connectivity index (χ1) is 15.7. The molecule has 1 aliphatic heterocycles. The molecule has 1 amide bonds. The number of fused-ring (bicyclic) bond motifs is 1. The average molecular weight is 461 g/mol. The topological polar surface area (TPSA) is 79.7 Å². The van der Waals surface area contributed by atoms with E-state index in [0.29, 0.717) is 29.2 Å². The zero-order chi connectivity index (χ0) is 23.3. The molecule has 168 valence electrons. The molecule has 1 N–H and O–H groups in total. The second kappa shape index (κ2) is 7.85. The van der Waals surface area contributed by atoms with Crippen molar-refractivity contribution in [3.05, 3.63) is 82.9 Å². The molecule has 0 unspecified atom stereocenters. The van der Waals surface area contributed by atoms with Gasteiger partial charge in [0, 0.05) is 11.6 Å². The van der Waals surface area contributed by atoms with Crippen LogP contribution in [-0.2, 0) is 5.41 Å². The van der Waals surface area contributed by atoms with Crippen LogP contribution in [0.3, 0.4) is 0 Å². The summed E-state index contributed by atoms with van der Waals surface area (Å²) < 4.78 is 0. The average Bonchev–Trinajstić information content (AvgIpc) is 3.51. The number of imidazole rings is 1. The summed E-state index contributed by atoms with van der Waals surface area (Å²) in [4.78, 5) is 25.3. The van der Waals surface area contributed by atoms with Crippen LogP contribution in [0.25, 0.3) is 16.7 Å². The Morgan fingerprint density at radius 2 is 1.91 bits per heavy atom. The molecule has 0 bridgehead atoms. The van der Waals surface area contributed by atoms with Gasteiger partial charge in [0.15, 0.2) is 0 Å². The molecule has 2 aromatic carbocycles. The summed E-state index contributed by atoms with van der Waals surface area (Å²) in [6.45, 7) is 11.2. The Morgan fingerprint density at radius 1 is 1.15 bits per heavy atom. The molecule has 33 heavy (non-hydrogen) atoms. The van der Waals surface area contributed by atoms with Crippen molar-refractivity contribution < 1.29 is 4.79 Å². The zero-order valence-electron chi connectivity index (χ0n) is 18.8. The van der Waals surface area contributed by atoms with E-state index in [0.717, 1.165) is 22.4 Å². The van der Waals surface area contributed by atoms with Gasteiger partial charge in [0.1, 0.15) is 5.82 Å². The third-order valence-electron chi connectivity index (χ3n) is 6.02. The Labute approximate surface area is 197 Å². The molecule has 1 saturated heterocycles. The van der Waals surface area contributed by atoms with Crippen molar-refractivity contribution in [2.24, 2.45) is 0 Å². The number of benzene rings is 2. The maximum Gasteiger partial charge on any atom is 0.257 e. The van der Waals surface area contributed by atoms with Gasteiger partial charge in [0.2, 0.25) is 0 Å². The quantitative estimate of drug-likeness (QED) is 0.424. The fraction of sp³-hybridized carbons (Fsp3) is 0.280. The Morgan fingerprint density at radius 3 is 2.64 bits per heavy atom. The second-order valence-corrected chi connectivity index (χ2v) is 9.92. The van der Waals surface area contributed by atoms with Gasteiger partial charge in [-0.15, -0.1) is 0 Å². The number of nitrogens with zero attached hydrogens (tertiary/aromatic N) is 5. The first-order valence-corrected chi connectivity index (χ1v) is 11.2. The summed E-state index contributed by atoms with van der Waals surface area (Å²) in [6.07, 6.45) is 3.79. The Bertz CT molecular complexity index is 1370. The number of hydrogen-bond acceptors (Lipinski definition) is 4. The maximum atomic E-state index is 13.8. The molecule has 1 atom stereocenters. The molecule has 3 heterocycles. The van der Waals surface area contributed by atoms with E-state index in [4.69, 9.17) is 16.6 Å². The number of likely N-dealkylation sites (tertiary alicyclic amines) is 1. The van der Waals surface area contributed by atoms with Gasteiger partial charge in [-0.1, -0.05) is 50.6 Å². The molecule has 7 nitrogen and oxygen atoms in total. The number of carbonyl (C=O) groups excluding carboxylic acids is 1. The molecule has 1 aliphatic rings. The minimum absolute atomic E-state index is 0.0343. The minimum Gasteiger partial charge on any atom is -0.340 e. The van der Waals surface area contributed by atoms with Gasteiger partial charge in [-0.3, -0.25) is 4.79 Å². The number of aromatic nitrogens is 5. The van der Waals surface area contributed by atoms with Crippen molar-refractivity contribution in [2.75, 3.05) is 6.54 Å². The standard InChI is InChI=1S/C25H25ClN6O/c1-15-11-22(23-29-19-7-5-16(25(2,3)4)12-20(19)30-23)31(14-15)24(33)18-13-17(26)6-8-21(18)32-27-9-10-28-32/h5-10,12-13,22H,1,11,14H2,2-4H3,(H,29,30)/t22-/m0/s1. The van der Waals surface area contributed by atoms with Crippen molar-refractivity contribution in [1.82, 2.24) is 29.9 Å². The van der Waals surface area contributed by atoms with Crippen LogP contribution in [0.15, 0.2) is 60.9 Å². The molecule has 0 aliphatic carbocycles. The molecule has 0 saturated carbocycles. The van der Waals surface area contributed by atoms with E-state index in [-0.39, 0.29) is 17.4 Å². The van der Waals surface area contributed by atoms with Crippen molar-refractivity contribution in [1.29, 1.82) is 0 Å². The highest BCUT2D eigenvalue weighted by Gasteiger charge is 2.36. The van der Waals surface area contributed by atoms with Gasteiger partial charge in [-0.05, 0) is 47.7 Å². The van der Waals surface area contributed by atoms with Crippen LogP contribution in [0.5, 0.6) is 0 Å². The van der Waals surface area contributed by atoms with Crippen molar-refractivity contribution >= 4 is 28.5 Å². The summed E-state index contributed by atoms with van der Waals surface area (Å²) >= 11 is 6.26. The lowest BCUT2D eigenvalue weighted by molar-refractivity contribution is 0.0732. The fourth-order valence-corrected chi connectivity index (χ4v) is 4.43.